The summed E-state index contributed by atoms with van der Waals surface area (Å²) in [6, 6.07) is 18.2. The number of fused-ring (bicyclic) bond motifs is 1. The first-order valence-corrected chi connectivity index (χ1v) is 9.81. The van der Waals surface area contributed by atoms with E-state index in [-0.39, 0.29) is 6.61 Å². The Hall–Kier alpha value is -3.80. The zero-order valence-electron chi connectivity index (χ0n) is 16.7. The molecule has 0 spiro atoms. The molecule has 0 fully saturated rings. The van der Waals surface area contributed by atoms with Crippen molar-refractivity contribution in [1.29, 1.82) is 5.26 Å². The van der Waals surface area contributed by atoms with Crippen LogP contribution in [-0.4, -0.2) is 42.7 Å². The number of ether oxygens (including phenoxy) is 2. The Balaban J connectivity index is 1.19. The van der Waals surface area contributed by atoms with E-state index in [9.17, 15) is 5.11 Å². The standard InChI is InChI=1S/C23H21N3O5/c24-13-16-3-1-2-4-21(16)29-15-18(27)14-25-8-10-28-19-5-6-22-17(11-19)12-23(31-22)20-7-9-30-26-20/h1-7,9,11-12,18,25,27H,8,10,14-15H2/t18-/m0/s1. The molecule has 0 aliphatic rings. The van der Waals surface area contributed by atoms with Gasteiger partial charge in [0, 0.05) is 24.5 Å². The number of nitrogens with zero attached hydrogens (tertiary/aromatic N) is 2. The highest BCUT2D eigenvalue weighted by Crippen LogP contribution is 2.29. The normalized spacial score (nSPS) is 11.9. The Morgan fingerprint density at radius 3 is 2.87 bits per heavy atom. The predicted molar refractivity (Wildman–Crippen MR) is 113 cm³/mol. The first-order chi connectivity index (χ1) is 15.2. The van der Waals surface area contributed by atoms with Gasteiger partial charge < -0.3 is 28.8 Å². The second-order valence-corrected chi connectivity index (χ2v) is 6.82. The molecule has 2 heterocycles. The van der Waals surface area contributed by atoms with Crippen molar-refractivity contribution in [3.8, 4) is 29.0 Å². The largest absolute Gasteiger partial charge is 0.492 e. The fraction of sp³-hybridized carbons (Fsp3) is 0.217. The quantitative estimate of drug-likeness (QED) is 0.376. The molecule has 0 bridgehead atoms. The highest BCUT2D eigenvalue weighted by molar-refractivity contribution is 5.83. The van der Waals surface area contributed by atoms with Gasteiger partial charge in [-0.15, -0.1) is 0 Å². The van der Waals surface area contributed by atoms with Gasteiger partial charge in [0.1, 0.15) is 54.4 Å². The predicted octanol–water partition coefficient (Wildman–Crippen LogP) is 3.37. The van der Waals surface area contributed by atoms with Gasteiger partial charge in [-0.3, -0.25) is 0 Å². The number of hydrogen-bond donors (Lipinski definition) is 2. The van der Waals surface area contributed by atoms with Crippen LogP contribution in [0, 0.1) is 11.3 Å². The summed E-state index contributed by atoms with van der Waals surface area (Å²) in [5.74, 6) is 1.82. The van der Waals surface area contributed by atoms with E-state index in [2.05, 4.69) is 16.5 Å². The van der Waals surface area contributed by atoms with Gasteiger partial charge >= 0.3 is 0 Å². The third-order valence-corrected chi connectivity index (χ3v) is 4.54. The van der Waals surface area contributed by atoms with Crippen LogP contribution in [0.15, 0.2) is 69.8 Å². The van der Waals surface area contributed by atoms with Crippen LogP contribution in [0.2, 0.25) is 0 Å². The van der Waals surface area contributed by atoms with Crippen LogP contribution in [0.25, 0.3) is 22.4 Å². The van der Waals surface area contributed by atoms with Gasteiger partial charge in [0.2, 0.25) is 0 Å². The lowest BCUT2D eigenvalue weighted by atomic mass is 10.2. The van der Waals surface area contributed by atoms with E-state index >= 15 is 0 Å². The van der Waals surface area contributed by atoms with Crippen LogP contribution in [0.3, 0.4) is 0 Å². The molecule has 4 rings (SSSR count). The second kappa shape index (κ2) is 9.80. The van der Waals surface area contributed by atoms with Gasteiger partial charge in [0.25, 0.3) is 0 Å². The number of aromatic nitrogens is 1. The molecule has 2 aromatic heterocycles. The van der Waals surface area contributed by atoms with Gasteiger partial charge in [-0.1, -0.05) is 17.3 Å². The minimum Gasteiger partial charge on any atom is -0.492 e. The van der Waals surface area contributed by atoms with E-state index < -0.39 is 6.10 Å². The fourth-order valence-electron chi connectivity index (χ4n) is 3.02. The first kappa shape index (κ1) is 20.5. The Kier molecular flexibility index (Phi) is 6.47. The maximum atomic E-state index is 10.1. The minimum atomic E-state index is -0.705. The molecule has 0 aliphatic heterocycles. The molecular weight excluding hydrogens is 398 g/mol. The van der Waals surface area contributed by atoms with E-state index in [1.54, 1.807) is 30.3 Å². The smallest absolute Gasteiger partial charge is 0.157 e. The third kappa shape index (κ3) is 5.22. The zero-order valence-corrected chi connectivity index (χ0v) is 16.7. The fourth-order valence-corrected chi connectivity index (χ4v) is 3.02. The van der Waals surface area contributed by atoms with Gasteiger partial charge in [-0.2, -0.15) is 5.26 Å². The van der Waals surface area contributed by atoms with Crippen LogP contribution in [-0.2, 0) is 0 Å². The molecule has 4 aromatic rings. The summed E-state index contributed by atoms with van der Waals surface area (Å²) < 4.78 is 21.9. The lowest BCUT2D eigenvalue weighted by Gasteiger charge is -2.14. The lowest BCUT2D eigenvalue weighted by molar-refractivity contribution is 0.105. The summed E-state index contributed by atoms with van der Waals surface area (Å²) in [6.07, 6.45) is 0.794. The van der Waals surface area contributed by atoms with Gasteiger partial charge in [-0.25, -0.2) is 0 Å². The van der Waals surface area contributed by atoms with Crippen LogP contribution < -0.4 is 14.8 Å². The van der Waals surface area contributed by atoms with Crippen LogP contribution in [0.1, 0.15) is 5.56 Å². The molecule has 0 amide bonds. The van der Waals surface area contributed by atoms with Crippen LogP contribution >= 0.6 is 0 Å². The first-order valence-electron chi connectivity index (χ1n) is 9.81. The summed E-state index contributed by atoms with van der Waals surface area (Å²) in [5.41, 5.74) is 1.82. The van der Waals surface area contributed by atoms with Crippen LogP contribution in [0.4, 0.5) is 0 Å². The highest BCUT2D eigenvalue weighted by atomic mass is 16.5. The number of para-hydroxylation sites is 1. The van der Waals surface area contributed by atoms with Gasteiger partial charge in [0.15, 0.2) is 5.76 Å². The SMILES string of the molecule is N#Cc1ccccc1OC[C@@H](O)CNCCOc1ccc2oc(-c3ccon3)cc2c1. The molecular formula is C23H21N3O5. The van der Waals surface area contributed by atoms with Crippen molar-refractivity contribution in [2.75, 3.05) is 26.3 Å². The van der Waals surface area contributed by atoms with Gasteiger partial charge in [0.05, 0.1) is 5.56 Å². The number of benzene rings is 2. The molecule has 2 N–H and O–H groups in total. The van der Waals surface area contributed by atoms with Crippen molar-refractivity contribution in [2.24, 2.45) is 0 Å². The molecule has 8 nitrogen and oxygen atoms in total. The molecule has 2 aromatic carbocycles. The average molecular weight is 419 g/mol. The minimum absolute atomic E-state index is 0.0948. The van der Waals surface area contributed by atoms with E-state index in [4.69, 9.17) is 23.7 Å². The third-order valence-electron chi connectivity index (χ3n) is 4.54. The number of aliphatic hydroxyl groups excluding tert-OH is 1. The lowest BCUT2D eigenvalue weighted by Crippen LogP contribution is -2.33. The van der Waals surface area contributed by atoms with Crippen molar-refractivity contribution in [2.45, 2.75) is 6.10 Å². The molecule has 0 saturated heterocycles. The zero-order chi connectivity index (χ0) is 21.5. The van der Waals surface area contributed by atoms with Crippen molar-refractivity contribution in [3.63, 3.8) is 0 Å². The monoisotopic (exact) mass is 419 g/mol. The Labute approximate surface area is 178 Å². The van der Waals surface area contributed by atoms with Crippen molar-refractivity contribution < 1.29 is 23.5 Å². The van der Waals surface area contributed by atoms with E-state index in [0.717, 1.165) is 16.7 Å². The molecule has 158 valence electrons. The Bertz CT molecular complexity index is 1160. The average Bonchev–Trinajstić information content (AvgIpc) is 3.47. The Morgan fingerprint density at radius 1 is 1.13 bits per heavy atom. The molecule has 1 atom stereocenters. The molecule has 0 unspecified atom stereocenters. The molecule has 31 heavy (non-hydrogen) atoms. The Morgan fingerprint density at radius 2 is 2.03 bits per heavy atom. The number of furan rings is 1. The number of hydrogen-bond acceptors (Lipinski definition) is 8. The molecule has 0 radical (unpaired) electrons. The topological polar surface area (TPSA) is 114 Å². The van der Waals surface area contributed by atoms with Crippen molar-refractivity contribution in [3.05, 3.63) is 66.4 Å². The molecule has 0 aliphatic carbocycles. The van der Waals surface area contributed by atoms with E-state index in [1.807, 2.05) is 24.3 Å². The number of aliphatic hydroxyl groups is 1. The summed E-state index contributed by atoms with van der Waals surface area (Å²) in [5, 5.41) is 27.0. The maximum Gasteiger partial charge on any atom is 0.157 e. The molecule has 8 heteroatoms. The van der Waals surface area contributed by atoms with Crippen molar-refractivity contribution >= 4 is 11.0 Å². The second-order valence-electron chi connectivity index (χ2n) is 6.82. The maximum absolute atomic E-state index is 10.1. The summed E-state index contributed by atoms with van der Waals surface area (Å²) in [4.78, 5) is 0. The van der Waals surface area contributed by atoms with Crippen LogP contribution in [0.5, 0.6) is 11.5 Å². The van der Waals surface area contributed by atoms with Gasteiger partial charge in [-0.05, 0) is 36.4 Å². The summed E-state index contributed by atoms with van der Waals surface area (Å²) >= 11 is 0. The number of rotatable bonds is 10. The van der Waals surface area contributed by atoms with Crippen molar-refractivity contribution in [1.82, 2.24) is 10.5 Å². The number of nitrogens with one attached hydrogen (secondary N) is 1. The number of nitriles is 1. The van der Waals surface area contributed by atoms with E-state index in [0.29, 0.717) is 42.5 Å². The highest BCUT2D eigenvalue weighted by Gasteiger charge is 2.10. The molecule has 0 saturated carbocycles. The summed E-state index contributed by atoms with van der Waals surface area (Å²) in [7, 11) is 0. The van der Waals surface area contributed by atoms with E-state index in [1.165, 1.54) is 6.26 Å². The summed E-state index contributed by atoms with van der Waals surface area (Å²) in [6.45, 7) is 1.43.